The van der Waals surface area contributed by atoms with Crippen molar-refractivity contribution in [1.82, 2.24) is 9.80 Å². The molecule has 1 saturated heterocycles. The van der Waals surface area contributed by atoms with Gasteiger partial charge in [0, 0.05) is 37.9 Å². The number of likely N-dealkylation sites (tertiary alicyclic amines) is 1. The second-order valence-electron chi connectivity index (χ2n) is 5.42. The summed E-state index contributed by atoms with van der Waals surface area (Å²) < 4.78 is 0. The van der Waals surface area contributed by atoms with E-state index < -0.39 is 0 Å². The quantitative estimate of drug-likeness (QED) is 0.782. The number of amides is 3. The number of carbonyl (C=O) groups is 3. The van der Waals surface area contributed by atoms with Gasteiger partial charge in [-0.05, 0) is 24.6 Å². The second kappa shape index (κ2) is 6.92. The summed E-state index contributed by atoms with van der Waals surface area (Å²) in [5.74, 6) is -0.479. The number of benzene rings is 1. The van der Waals surface area contributed by atoms with E-state index in [4.69, 9.17) is 11.6 Å². The molecule has 118 valence electrons. The minimum atomic E-state index is -0.189. The number of carbonyl (C=O) groups excluding carboxylic acids is 3. The molecule has 0 aliphatic carbocycles. The van der Waals surface area contributed by atoms with Crippen LogP contribution in [0.2, 0.25) is 5.02 Å². The molecule has 22 heavy (non-hydrogen) atoms. The fourth-order valence-corrected chi connectivity index (χ4v) is 2.56. The smallest absolute Gasteiger partial charge is 0.229 e. The summed E-state index contributed by atoms with van der Waals surface area (Å²) in [5.41, 5.74) is 0.980. The average Bonchev–Trinajstić information content (AvgIpc) is 2.83. The van der Waals surface area contributed by atoms with Crippen LogP contribution in [0.25, 0.3) is 0 Å². The molecular weight excluding hydrogens is 304 g/mol. The Hall–Kier alpha value is -1.88. The van der Waals surface area contributed by atoms with Crippen molar-refractivity contribution in [2.45, 2.75) is 32.2 Å². The van der Waals surface area contributed by atoms with Crippen LogP contribution in [-0.2, 0) is 14.4 Å². The zero-order valence-corrected chi connectivity index (χ0v) is 13.5. The van der Waals surface area contributed by atoms with E-state index in [0.717, 1.165) is 5.56 Å². The van der Waals surface area contributed by atoms with E-state index in [2.05, 4.69) is 0 Å². The summed E-state index contributed by atoms with van der Waals surface area (Å²) in [6, 6.07) is 7.23. The van der Waals surface area contributed by atoms with Crippen molar-refractivity contribution < 1.29 is 14.4 Å². The molecular formula is C16H19ClN2O3. The van der Waals surface area contributed by atoms with Crippen LogP contribution in [0.15, 0.2) is 24.3 Å². The molecule has 0 spiro atoms. The van der Waals surface area contributed by atoms with Gasteiger partial charge >= 0.3 is 0 Å². The highest BCUT2D eigenvalue weighted by Crippen LogP contribution is 2.21. The molecule has 5 nitrogen and oxygen atoms in total. The lowest BCUT2D eigenvalue weighted by molar-refractivity contribution is -0.139. The van der Waals surface area contributed by atoms with Gasteiger partial charge in [0.1, 0.15) is 0 Å². The number of hydrogen-bond acceptors (Lipinski definition) is 3. The first kappa shape index (κ1) is 16.5. The molecule has 1 aliphatic rings. The van der Waals surface area contributed by atoms with Gasteiger partial charge in [0.05, 0.1) is 6.04 Å². The first-order valence-electron chi connectivity index (χ1n) is 7.24. The molecule has 1 fully saturated rings. The van der Waals surface area contributed by atoms with Crippen LogP contribution >= 0.6 is 11.6 Å². The van der Waals surface area contributed by atoms with Crippen LogP contribution in [-0.4, -0.2) is 41.1 Å². The molecule has 0 bridgehead atoms. The first-order chi connectivity index (χ1) is 10.4. The van der Waals surface area contributed by atoms with Crippen LogP contribution in [0.4, 0.5) is 0 Å². The number of rotatable bonds is 5. The standard InChI is InChI=1S/C16H19ClN2O3/c1-11(12-3-5-13(17)6-4-12)18(2)14(20)9-10-19-15(21)7-8-16(19)22/h3-6,11H,7-10H2,1-2H3. The van der Waals surface area contributed by atoms with Crippen molar-refractivity contribution >= 4 is 29.3 Å². The number of imide groups is 1. The Kier molecular flexibility index (Phi) is 5.19. The summed E-state index contributed by atoms with van der Waals surface area (Å²) in [4.78, 5) is 38.1. The van der Waals surface area contributed by atoms with E-state index in [9.17, 15) is 14.4 Å². The maximum atomic E-state index is 12.2. The van der Waals surface area contributed by atoms with E-state index in [0.29, 0.717) is 5.02 Å². The van der Waals surface area contributed by atoms with Gasteiger partial charge in [-0.15, -0.1) is 0 Å². The van der Waals surface area contributed by atoms with Gasteiger partial charge in [0.15, 0.2) is 0 Å². The predicted octanol–water partition coefficient (Wildman–Crippen LogP) is 2.40. The van der Waals surface area contributed by atoms with E-state index in [-0.39, 0.29) is 49.6 Å². The SMILES string of the molecule is CC(c1ccc(Cl)cc1)N(C)C(=O)CCN1C(=O)CCC1=O. The Morgan fingerprint density at radius 1 is 1.23 bits per heavy atom. The molecule has 0 saturated carbocycles. The van der Waals surface area contributed by atoms with E-state index in [1.54, 1.807) is 24.1 Å². The summed E-state index contributed by atoms with van der Waals surface area (Å²) in [6.45, 7) is 2.08. The zero-order valence-electron chi connectivity index (χ0n) is 12.7. The topological polar surface area (TPSA) is 57.7 Å². The van der Waals surface area contributed by atoms with Crippen molar-refractivity contribution in [2.24, 2.45) is 0 Å². The lowest BCUT2D eigenvalue weighted by Crippen LogP contribution is -2.35. The third-order valence-electron chi connectivity index (χ3n) is 4.03. The third-order valence-corrected chi connectivity index (χ3v) is 4.28. The second-order valence-corrected chi connectivity index (χ2v) is 5.86. The Labute approximate surface area is 134 Å². The molecule has 0 aromatic heterocycles. The van der Waals surface area contributed by atoms with Crippen LogP contribution in [0.3, 0.4) is 0 Å². The Balaban J connectivity index is 1.92. The van der Waals surface area contributed by atoms with E-state index in [1.807, 2.05) is 19.1 Å². The summed E-state index contributed by atoms with van der Waals surface area (Å²) in [7, 11) is 1.72. The van der Waals surface area contributed by atoms with Gasteiger partial charge in [-0.25, -0.2) is 0 Å². The van der Waals surface area contributed by atoms with Crippen LogP contribution < -0.4 is 0 Å². The zero-order chi connectivity index (χ0) is 16.3. The van der Waals surface area contributed by atoms with Gasteiger partial charge in [-0.1, -0.05) is 23.7 Å². The summed E-state index contributed by atoms with van der Waals surface area (Å²) >= 11 is 5.86. The lowest BCUT2D eigenvalue weighted by atomic mass is 10.1. The molecule has 1 aliphatic heterocycles. The Morgan fingerprint density at radius 3 is 2.32 bits per heavy atom. The van der Waals surface area contributed by atoms with Crippen molar-refractivity contribution in [1.29, 1.82) is 0 Å². The molecule has 6 heteroatoms. The van der Waals surface area contributed by atoms with Gasteiger partial charge in [-0.2, -0.15) is 0 Å². The fourth-order valence-electron chi connectivity index (χ4n) is 2.44. The number of nitrogens with zero attached hydrogens (tertiary/aromatic N) is 2. The summed E-state index contributed by atoms with van der Waals surface area (Å²) in [6.07, 6.45) is 0.653. The highest BCUT2D eigenvalue weighted by molar-refractivity contribution is 6.30. The molecule has 1 aromatic carbocycles. The molecule has 0 radical (unpaired) electrons. The molecule has 2 rings (SSSR count). The minimum absolute atomic E-state index is 0.102. The first-order valence-corrected chi connectivity index (χ1v) is 7.62. The summed E-state index contributed by atoms with van der Waals surface area (Å²) in [5, 5.41) is 0.649. The molecule has 3 amide bonds. The largest absolute Gasteiger partial charge is 0.339 e. The van der Waals surface area contributed by atoms with Gasteiger partial charge < -0.3 is 4.90 Å². The highest BCUT2D eigenvalue weighted by atomic mass is 35.5. The maximum absolute atomic E-state index is 12.2. The molecule has 1 unspecified atom stereocenters. The molecule has 0 N–H and O–H groups in total. The maximum Gasteiger partial charge on any atom is 0.229 e. The fraction of sp³-hybridized carbons (Fsp3) is 0.438. The minimum Gasteiger partial charge on any atom is -0.339 e. The van der Waals surface area contributed by atoms with Crippen molar-refractivity contribution in [3.63, 3.8) is 0 Å². The van der Waals surface area contributed by atoms with Crippen molar-refractivity contribution in [3.8, 4) is 0 Å². The van der Waals surface area contributed by atoms with E-state index in [1.165, 1.54) is 4.90 Å². The Bertz CT molecular complexity index is 570. The average molecular weight is 323 g/mol. The molecule has 1 heterocycles. The normalized spacial score (nSPS) is 16.0. The predicted molar refractivity (Wildman–Crippen MR) is 83.2 cm³/mol. The lowest BCUT2D eigenvalue weighted by Gasteiger charge is -2.26. The third kappa shape index (κ3) is 3.65. The van der Waals surface area contributed by atoms with Crippen LogP contribution in [0, 0.1) is 0 Å². The van der Waals surface area contributed by atoms with Crippen molar-refractivity contribution in [3.05, 3.63) is 34.9 Å². The van der Waals surface area contributed by atoms with E-state index >= 15 is 0 Å². The molecule has 1 aromatic rings. The Morgan fingerprint density at radius 2 is 1.77 bits per heavy atom. The monoisotopic (exact) mass is 322 g/mol. The molecule has 1 atom stereocenters. The van der Waals surface area contributed by atoms with Crippen LogP contribution in [0.1, 0.15) is 37.8 Å². The van der Waals surface area contributed by atoms with Crippen LogP contribution in [0.5, 0.6) is 0 Å². The van der Waals surface area contributed by atoms with Crippen molar-refractivity contribution in [2.75, 3.05) is 13.6 Å². The highest BCUT2D eigenvalue weighted by Gasteiger charge is 2.29. The number of hydrogen-bond donors (Lipinski definition) is 0. The number of halogens is 1. The van der Waals surface area contributed by atoms with Gasteiger partial charge in [-0.3, -0.25) is 19.3 Å². The van der Waals surface area contributed by atoms with Gasteiger partial charge in [0.2, 0.25) is 17.7 Å². The van der Waals surface area contributed by atoms with Gasteiger partial charge in [0.25, 0.3) is 0 Å².